The largest absolute Gasteiger partial charge is 0.340 e. The standard InChI is InChI=1S/C10H20N4O/c1-8(2)14(4)6-5-11-7-10-12-9(3)15-13-10/h8,11H,5-7H2,1-4H3. The van der Waals surface area contributed by atoms with Gasteiger partial charge in [0.25, 0.3) is 0 Å². The molecule has 0 aromatic carbocycles. The Balaban J connectivity index is 2.12. The normalized spacial score (nSPS) is 11.6. The molecule has 0 aliphatic carbocycles. The SMILES string of the molecule is Cc1nc(CNCCN(C)C(C)C)no1. The first-order valence-corrected chi connectivity index (χ1v) is 5.29. The number of nitrogens with zero attached hydrogens (tertiary/aromatic N) is 3. The smallest absolute Gasteiger partial charge is 0.223 e. The van der Waals surface area contributed by atoms with Gasteiger partial charge in [0, 0.05) is 26.1 Å². The summed E-state index contributed by atoms with van der Waals surface area (Å²) in [5.74, 6) is 1.34. The number of aryl methyl sites for hydroxylation is 1. The van der Waals surface area contributed by atoms with Gasteiger partial charge in [-0.3, -0.25) is 0 Å². The van der Waals surface area contributed by atoms with Crippen molar-refractivity contribution in [1.29, 1.82) is 0 Å². The Morgan fingerprint density at radius 3 is 2.73 bits per heavy atom. The lowest BCUT2D eigenvalue weighted by Crippen LogP contribution is -2.33. The first-order valence-electron chi connectivity index (χ1n) is 5.29. The average Bonchev–Trinajstić information content (AvgIpc) is 2.58. The Bertz CT molecular complexity index is 285. The van der Waals surface area contributed by atoms with E-state index in [2.05, 4.69) is 41.3 Å². The highest BCUT2D eigenvalue weighted by Gasteiger charge is 2.03. The monoisotopic (exact) mass is 212 g/mol. The van der Waals surface area contributed by atoms with Crippen LogP contribution in [0.5, 0.6) is 0 Å². The summed E-state index contributed by atoms with van der Waals surface area (Å²) in [7, 11) is 2.12. The summed E-state index contributed by atoms with van der Waals surface area (Å²) in [6.07, 6.45) is 0. The summed E-state index contributed by atoms with van der Waals surface area (Å²) in [6, 6.07) is 0.583. The van der Waals surface area contributed by atoms with Crippen molar-refractivity contribution in [1.82, 2.24) is 20.4 Å². The minimum absolute atomic E-state index is 0.583. The van der Waals surface area contributed by atoms with E-state index in [1.54, 1.807) is 6.92 Å². The van der Waals surface area contributed by atoms with E-state index in [0.29, 0.717) is 18.5 Å². The van der Waals surface area contributed by atoms with Gasteiger partial charge in [0.2, 0.25) is 5.89 Å². The second-order valence-corrected chi connectivity index (χ2v) is 3.98. The zero-order chi connectivity index (χ0) is 11.3. The molecule has 0 spiro atoms. The van der Waals surface area contributed by atoms with Crippen LogP contribution in [0.3, 0.4) is 0 Å². The van der Waals surface area contributed by atoms with Crippen molar-refractivity contribution in [3.63, 3.8) is 0 Å². The molecular formula is C10H20N4O. The maximum absolute atomic E-state index is 4.87. The molecule has 1 rings (SSSR count). The van der Waals surface area contributed by atoms with Crippen molar-refractivity contribution in [2.24, 2.45) is 0 Å². The fraction of sp³-hybridized carbons (Fsp3) is 0.800. The quantitative estimate of drug-likeness (QED) is 0.707. The Hall–Kier alpha value is -0.940. The predicted octanol–water partition coefficient (Wildman–Crippen LogP) is 0.808. The van der Waals surface area contributed by atoms with Gasteiger partial charge >= 0.3 is 0 Å². The molecule has 0 saturated heterocycles. The molecule has 86 valence electrons. The van der Waals surface area contributed by atoms with Crippen LogP contribution in [0.15, 0.2) is 4.52 Å². The summed E-state index contributed by atoms with van der Waals surface area (Å²) in [5, 5.41) is 7.08. The molecule has 0 saturated carbocycles. The van der Waals surface area contributed by atoms with Gasteiger partial charge in [-0.25, -0.2) is 0 Å². The summed E-state index contributed by atoms with van der Waals surface area (Å²) in [4.78, 5) is 6.39. The molecule has 1 heterocycles. The van der Waals surface area contributed by atoms with Crippen LogP contribution in [0.1, 0.15) is 25.6 Å². The van der Waals surface area contributed by atoms with E-state index in [1.807, 2.05) is 0 Å². The topological polar surface area (TPSA) is 54.2 Å². The van der Waals surface area contributed by atoms with Crippen molar-refractivity contribution in [2.75, 3.05) is 20.1 Å². The molecule has 1 N–H and O–H groups in total. The maximum Gasteiger partial charge on any atom is 0.223 e. The van der Waals surface area contributed by atoms with Crippen molar-refractivity contribution >= 4 is 0 Å². The van der Waals surface area contributed by atoms with Crippen LogP contribution in [0.4, 0.5) is 0 Å². The number of nitrogens with one attached hydrogen (secondary N) is 1. The average molecular weight is 212 g/mol. The molecule has 5 nitrogen and oxygen atoms in total. The lowest BCUT2D eigenvalue weighted by atomic mass is 10.3. The number of hydrogen-bond acceptors (Lipinski definition) is 5. The summed E-state index contributed by atoms with van der Waals surface area (Å²) < 4.78 is 4.87. The summed E-state index contributed by atoms with van der Waals surface area (Å²) in [6.45, 7) is 8.79. The molecule has 0 aliphatic heterocycles. The van der Waals surface area contributed by atoms with Gasteiger partial charge in [-0.15, -0.1) is 0 Å². The molecular weight excluding hydrogens is 192 g/mol. The minimum Gasteiger partial charge on any atom is -0.340 e. The maximum atomic E-state index is 4.87. The van der Waals surface area contributed by atoms with E-state index in [4.69, 9.17) is 4.52 Å². The first-order chi connectivity index (χ1) is 7.09. The zero-order valence-electron chi connectivity index (χ0n) is 9.95. The molecule has 5 heteroatoms. The van der Waals surface area contributed by atoms with Crippen molar-refractivity contribution < 1.29 is 4.52 Å². The van der Waals surface area contributed by atoms with Gasteiger partial charge in [0.05, 0.1) is 6.54 Å². The third kappa shape index (κ3) is 4.40. The number of rotatable bonds is 6. The molecule has 0 fully saturated rings. The van der Waals surface area contributed by atoms with Crippen molar-refractivity contribution in [3.8, 4) is 0 Å². The molecule has 15 heavy (non-hydrogen) atoms. The van der Waals surface area contributed by atoms with Gasteiger partial charge in [-0.1, -0.05) is 5.16 Å². The van der Waals surface area contributed by atoms with Gasteiger partial charge < -0.3 is 14.7 Å². The van der Waals surface area contributed by atoms with E-state index >= 15 is 0 Å². The molecule has 0 amide bonds. The van der Waals surface area contributed by atoms with Crippen molar-refractivity contribution in [3.05, 3.63) is 11.7 Å². The van der Waals surface area contributed by atoms with Crippen LogP contribution in [0.25, 0.3) is 0 Å². The van der Waals surface area contributed by atoms with Crippen LogP contribution in [0.2, 0.25) is 0 Å². The Labute approximate surface area is 90.8 Å². The molecule has 0 aliphatic rings. The highest BCUT2D eigenvalue weighted by molar-refractivity contribution is 4.82. The van der Waals surface area contributed by atoms with E-state index in [-0.39, 0.29) is 0 Å². The van der Waals surface area contributed by atoms with Crippen LogP contribution in [-0.4, -0.2) is 41.2 Å². The molecule has 0 atom stereocenters. The van der Waals surface area contributed by atoms with Crippen LogP contribution in [0, 0.1) is 6.92 Å². The number of aromatic nitrogens is 2. The molecule has 1 aromatic rings. The van der Waals surface area contributed by atoms with E-state index in [9.17, 15) is 0 Å². The minimum atomic E-state index is 0.583. The summed E-state index contributed by atoms with van der Waals surface area (Å²) >= 11 is 0. The van der Waals surface area contributed by atoms with Gasteiger partial charge in [-0.05, 0) is 20.9 Å². The van der Waals surface area contributed by atoms with Gasteiger partial charge in [0.1, 0.15) is 0 Å². The highest BCUT2D eigenvalue weighted by Crippen LogP contribution is 1.94. The van der Waals surface area contributed by atoms with Crippen LogP contribution >= 0.6 is 0 Å². The number of hydrogen-bond donors (Lipinski definition) is 1. The van der Waals surface area contributed by atoms with Gasteiger partial charge in [-0.2, -0.15) is 4.98 Å². The van der Waals surface area contributed by atoms with E-state index in [1.165, 1.54) is 0 Å². The van der Waals surface area contributed by atoms with Gasteiger partial charge in [0.15, 0.2) is 5.82 Å². The van der Waals surface area contributed by atoms with E-state index < -0.39 is 0 Å². The zero-order valence-corrected chi connectivity index (χ0v) is 9.95. The second kappa shape index (κ2) is 5.82. The Kier molecular flexibility index (Phi) is 4.71. The fourth-order valence-corrected chi connectivity index (χ4v) is 1.13. The number of likely N-dealkylation sites (N-methyl/N-ethyl adjacent to an activating group) is 1. The fourth-order valence-electron chi connectivity index (χ4n) is 1.13. The Morgan fingerprint density at radius 1 is 1.47 bits per heavy atom. The van der Waals surface area contributed by atoms with Crippen LogP contribution in [-0.2, 0) is 6.54 Å². The van der Waals surface area contributed by atoms with Crippen molar-refractivity contribution in [2.45, 2.75) is 33.4 Å². The third-order valence-electron chi connectivity index (χ3n) is 2.38. The molecule has 0 bridgehead atoms. The molecule has 0 radical (unpaired) electrons. The first kappa shape index (κ1) is 12.1. The van der Waals surface area contributed by atoms with E-state index in [0.717, 1.165) is 18.9 Å². The lowest BCUT2D eigenvalue weighted by Gasteiger charge is -2.20. The highest BCUT2D eigenvalue weighted by atomic mass is 16.5. The summed E-state index contributed by atoms with van der Waals surface area (Å²) in [5.41, 5.74) is 0. The third-order valence-corrected chi connectivity index (χ3v) is 2.38. The van der Waals surface area contributed by atoms with Crippen LogP contribution < -0.4 is 5.32 Å². The second-order valence-electron chi connectivity index (χ2n) is 3.98. The molecule has 0 unspecified atom stereocenters. The lowest BCUT2D eigenvalue weighted by molar-refractivity contribution is 0.272. The Morgan fingerprint density at radius 2 is 2.20 bits per heavy atom. The predicted molar refractivity (Wildman–Crippen MR) is 58.5 cm³/mol. The molecule has 1 aromatic heterocycles.